The molecule has 0 N–H and O–H groups in total. The Hall–Kier alpha value is -2.22. The summed E-state index contributed by atoms with van der Waals surface area (Å²) in [4.78, 5) is 0. The Bertz CT molecular complexity index is 576. The third-order valence-electron chi connectivity index (χ3n) is 2.07. The van der Waals surface area contributed by atoms with Gasteiger partial charge in [0.2, 0.25) is 0 Å². The van der Waals surface area contributed by atoms with Crippen LogP contribution in [0.1, 0.15) is 16.7 Å². The van der Waals surface area contributed by atoms with E-state index < -0.39 is 46.7 Å². The molecule has 0 spiro atoms. The summed E-state index contributed by atoms with van der Waals surface area (Å²) in [5.74, 6) is -6.29. The van der Waals surface area contributed by atoms with Crippen molar-refractivity contribution in [1.29, 1.82) is 10.5 Å². The summed E-state index contributed by atoms with van der Waals surface area (Å²) in [5, 5.41) is 16.6. The summed E-state index contributed by atoms with van der Waals surface area (Å²) in [7, 11) is 0. The van der Waals surface area contributed by atoms with E-state index >= 15 is 0 Å². The summed E-state index contributed by atoms with van der Waals surface area (Å²) >= 11 is 0. The average molecular weight is 264 g/mol. The third kappa shape index (κ3) is 2.09. The first-order valence-corrected chi connectivity index (χ1v) is 4.29. The predicted molar refractivity (Wildman–Crippen MR) is 45.3 cm³/mol. The van der Waals surface area contributed by atoms with Gasteiger partial charge in [-0.05, 0) is 0 Å². The fourth-order valence-electron chi connectivity index (χ4n) is 1.34. The van der Waals surface area contributed by atoms with Gasteiger partial charge in [0.1, 0.15) is 11.6 Å². The molecule has 1 aromatic carbocycles. The van der Waals surface area contributed by atoms with Gasteiger partial charge in [0.15, 0.2) is 17.5 Å². The van der Waals surface area contributed by atoms with Crippen molar-refractivity contribution >= 4 is 0 Å². The monoisotopic (exact) mass is 264 g/mol. The molecule has 0 aliphatic carbocycles. The Balaban J connectivity index is 3.84. The maximum atomic E-state index is 13.3. The molecule has 0 heterocycles. The highest BCUT2D eigenvalue weighted by Crippen LogP contribution is 2.37. The molecular weight excluding hydrogens is 262 g/mol. The Morgan fingerprint density at radius 1 is 0.944 bits per heavy atom. The van der Waals surface area contributed by atoms with E-state index in [1.54, 1.807) is 0 Å². The van der Waals surface area contributed by atoms with Crippen LogP contribution in [0.2, 0.25) is 0 Å². The van der Waals surface area contributed by atoms with Crippen LogP contribution in [0.4, 0.5) is 26.3 Å². The highest BCUT2D eigenvalue weighted by molar-refractivity contribution is 5.44. The minimum atomic E-state index is -5.34. The van der Waals surface area contributed by atoms with Gasteiger partial charge in [0.25, 0.3) is 0 Å². The quantitative estimate of drug-likeness (QED) is 0.578. The van der Waals surface area contributed by atoms with Crippen molar-refractivity contribution in [2.45, 2.75) is 12.6 Å². The number of benzene rings is 1. The molecule has 0 aliphatic heterocycles. The highest BCUT2D eigenvalue weighted by Gasteiger charge is 2.41. The Labute approximate surface area is 96.7 Å². The molecule has 0 radical (unpaired) electrons. The number of alkyl halides is 3. The molecule has 8 heteroatoms. The van der Waals surface area contributed by atoms with Gasteiger partial charge in [-0.25, -0.2) is 13.2 Å². The van der Waals surface area contributed by atoms with E-state index in [0.29, 0.717) is 0 Å². The van der Waals surface area contributed by atoms with Crippen molar-refractivity contribution in [3.05, 3.63) is 34.1 Å². The second-order valence-electron chi connectivity index (χ2n) is 3.11. The van der Waals surface area contributed by atoms with Crippen molar-refractivity contribution in [3.8, 4) is 12.1 Å². The lowest BCUT2D eigenvalue weighted by molar-refractivity contribution is -0.140. The minimum Gasteiger partial charge on any atom is -0.205 e. The van der Waals surface area contributed by atoms with Crippen LogP contribution in [0.3, 0.4) is 0 Å². The highest BCUT2D eigenvalue weighted by atomic mass is 19.4. The number of halogens is 6. The zero-order chi connectivity index (χ0) is 14.1. The molecule has 0 amide bonds. The summed E-state index contributed by atoms with van der Waals surface area (Å²) in [6, 6.07) is 1.99. The molecule has 0 atom stereocenters. The van der Waals surface area contributed by atoms with Crippen LogP contribution in [-0.4, -0.2) is 0 Å². The number of nitrogens with zero attached hydrogens (tertiary/aromatic N) is 2. The predicted octanol–water partition coefficient (Wildman–Crippen LogP) is 3.06. The molecule has 1 aromatic rings. The number of rotatable bonds is 1. The van der Waals surface area contributed by atoms with E-state index in [4.69, 9.17) is 10.5 Å². The number of nitriles is 2. The van der Waals surface area contributed by atoms with Crippen molar-refractivity contribution in [3.63, 3.8) is 0 Å². The van der Waals surface area contributed by atoms with E-state index in [1.165, 1.54) is 6.07 Å². The minimum absolute atomic E-state index is 0.813. The van der Waals surface area contributed by atoms with Crippen molar-refractivity contribution in [2.24, 2.45) is 0 Å². The average Bonchev–Trinajstić information content (AvgIpc) is 2.25. The molecule has 0 unspecified atom stereocenters. The van der Waals surface area contributed by atoms with Gasteiger partial charge in [-0.3, -0.25) is 0 Å². The third-order valence-corrected chi connectivity index (χ3v) is 2.07. The van der Waals surface area contributed by atoms with Gasteiger partial charge < -0.3 is 0 Å². The topological polar surface area (TPSA) is 47.6 Å². The molecule has 2 nitrogen and oxygen atoms in total. The molecule has 0 aromatic heterocycles. The van der Waals surface area contributed by atoms with Gasteiger partial charge >= 0.3 is 6.18 Å². The Morgan fingerprint density at radius 2 is 1.50 bits per heavy atom. The Morgan fingerprint density at radius 3 is 1.89 bits per heavy atom. The maximum Gasteiger partial charge on any atom is 0.419 e. The first-order valence-electron chi connectivity index (χ1n) is 4.29. The smallest absolute Gasteiger partial charge is 0.205 e. The standard InChI is InChI=1S/C10H2F6N2/c11-7-5(3-18)9(13)8(12)4(1-2-17)6(7)10(14,15)16/h1H2. The van der Waals surface area contributed by atoms with Gasteiger partial charge in [-0.1, -0.05) is 0 Å². The SMILES string of the molecule is N#CCc1c(F)c(F)c(C#N)c(F)c1C(F)(F)F. The lowest BCUT2D eigenvalue weighted by Gasteiger charge is -2.14. The molecule has 0 fully saturated rings. The van der Waals surface area contributed by atoms with E-state index in [9.17, 15) is 26.3 Å². The zero-order valence-electron chi connectivity index (χ0n) is 8.37. The van der Waals surface area contributed by atoms with Gasteiger partial charge in [-0.2, -0.15) is 23.7 Å². The van der Waals surface area contributed by atoms with E-state index in [0.717, 1.165) is 6.07 Å². The van der Waals surface area contributed by atoms with Crippen LogP contribution in [0, 0.1) is 40.1 Å². The van der Waals surface area contributed by atoms with Crippen LogP contribution in [0.5, 0.6) is 0 Å². The van der Waals surface area contributed by atoms with Crippen molar-refractivity contribution in [1.82, 2.24) is 0 Å². The first-order chi connectivity index (χ1) is 8.25. The van der Waals surface area contributed by atoms with Crippen LogP contribution in [0.15, 0.2) is 0 Å². The molecule has 18 heavy (non-hydrogen) atoms. The lowest BCUT2D eigenvalue weighted by atomic mass is 9.99. The number of hydrogen-bond acceptors (Lipinski definition) is 2. The Kier molecular flexibility index (Phi) is 3.52. The van der Waals surface area contributed by atoms with Gasteiger partial charge in [-0.15, -0.1) is 0 Å². The molecule has 0 bridgehead atoms. The largest absolute Gasteiger partial charge is 0.419 e. The summed E-state index contributed by atoms with van der Waals surface area (Å²) in [6.07, 6.45) is -6.50. The van der Waals surface area contributed by atoms with Crippen LogP contribution in [0.25, 0.3) is 0 Å². The normalized spacial score (nSPS) is 10.9. The molecule has 1 rings (SSSR count). The second-order valence-corrected chi connectivity index (χ2v) is 3.11. The molecule has 0 aliphatic rings. The molecule has 0 saturated carbocycles. The van der Waals surface area contributed by atoms with Crippen LogP contribution < -0.4 is 0 Å². The van der Waals surface area contributed by atoms with Crippen LogP contribution >= 0.6 is 0 Å². The summed E-state index contributed by atoms with van der Waals surface area (Å²) in [5.41, 5.74) is -5.24. The van der Waals surface area contributed by atoms with E-state index in [2.05, 4.69) is 0 Å². The molecule has 94 valence electrons. The molecule has 0 saturated heterocycles. The number of hydrogen-bond donors (Lipinski definition) is 0. The fourth-order valence-corrected chi connectivity index (χ4v) is 1.34. The first kappa shape index (κ1) is 13.8. The van der Waals surface area contributed by atoms with Crippen molar-refractivity contribution in [2.75, 3.05) is 0 Å². The van der Waals surface area contributed by atoms with Gasteiger partial charge in [0.05, 0.1) is 18.1 Å². The van der Waals surface area contributed by atoms with Crippen molar-refractivity contribution < 1.29 is 26.3 Å². The maximum absolute atomic E-state index is 13.3. The van der Waals surface area contributed by atoms with Crippen LogP contribution in [-0.2, 0) is 12.6 Å². The van der Waals surface area contributed by atoms with E-state index in [-0.39, 0.29) is 0 Å². The fraction of sp³-hybridized carbons (Fsp3) is 0.200. The lowest BCUT2D eigenvalue weighted by Crippen LogP contribution is -2.17. The van der Waals surface area contributed by atoms with E-state index in [1.807, 2.05) is 0 Å². The van der Waals surface area contributed by atoms with Gasteiger partial charge in [0, 0.05) is 5.56 Å². The summed E-state index contributed by atoms with van der Waals surface area (Å²) < 4.78 is 77.2. The zero-order valence-corrected chi connectivity index (χ0v) is 8.37. The summed E-state index contributed by atoms with van der Waals surface area (Å²) in [6.45, 7) is 0. The molecular formula is C10H2F6N2. The second kappa shape index (κ2) is 4.57.